The molecular weight excluding hydrogens is 378 g/mol. The summed E-state index contributed by atoms with van der Waals surface area (Å²) in [5.41, 5.74) is 1.92. The number of nitrogens with zero attached hydrogens (tertiary/aromatic N) is 1. The zero-order chi connectivity index (χ0) is 20.9. The fraction of sp³-hybridized carbons (Fsp3) is 0.375. The minimum Gasteiger partial charge on any atom is -0.496 e. The quantitative estimate of drug-likeness (QED) is 0.592. The van der Waals surface area contributed by atoms with Crippen LogP contribution in [0, 0.1) is 0 Å². The number of pyridine rings is 1. The van der Waals surface area contributed by atoms with Crippen LogP contribution >= 0.6 is 0 Å². The third-order valence-electron chi connectivity index (χ3n) is 5.52. The summed E-state index contributed by atoms with van der Waals surface area (Å²) in [6, 6.07) is 12.2. The van der Waals surface area contributed by atoms with Crippen molar-refractivity contribution in [1.82, 2.24) is 10.3 Å². The van der Waals surface area contributed by atoms with Gasteiger partial charge in [0.25, 0.3) is 0 Å². The van der Waals surface area contributed by atoms with Crippen molar-refractivity contribution in [1.29, 1.82) is 0 Å². The number of benzene rings is 2. The van der Waals surface area contributed by atoms with Crippen LogP contribution in [-0.4, -0.2) is 38.4 Å². The molecule has 2 aromatic carbocycles. The van der Waals surface area contributed by atoms with Crippen molar-refractivity contribution in [3.05, 3.63) is 48.2 Å². The second-order valence-electron chi connectivity index (χ2n) is 7.48. The first kappa shape index (κ1) is 20.3. The number of anilines is 2. The number of hydrogen-bond acceptors (Lipinski definition) is 6. The Kier molecular flexibility index (Phi) is 6.23. The summed E-state index contributed by atoms with van der Waals surface area (Å²) in [7, 11) is 3.35. The van der Waals surface area contributed by atoms with Gasteiger partial charge < -0.3 is 24.8 Å². The Morgan fingerprint density at radius 2 is 1.73 bits per heavy atom. The molecule has 0 atom stereocenters. The van der Waals surface area contributed by atoms with Gasteiger partial charge in [-0.1, -0.05) is 6.92 Å². The van der Waals surface area contributed by atoms with E-state index in [-0.39, 0.29) is 6.10 Å². The highest BCUT2D eigenvalue weighted by Gasteiger charge is 2.15. The molecule has 0 bridgehead atoms. The molecule has 2 heterocycles. The summed E-state index contributed by atoms with van der Waals surface area (Å²) >= 11 is 0. The third kappa shape index (κ3) is 4.44. The predicted molar refractivity (Wildman–Crippen MR) is 120 cm³/mol. The topological polar surface area (TPSA) is 64.6 Å². The average Bonchev–Trinajstić information content (AvgIpc) is 2.78. The first-order valence-electron chi connectivity index (χ1n) is 10.5. The highest BCUT2D eigenvalue weighted by Crippen LogP contribution is 2.34. The van der Waals surface area contributed by atoms with Gasteiger partial charge in [0.15, 0.2) is 0 Å². The number of aromatic nitrogens is 1. The number of hydrogen-bond donors (Lipinski definition) is 2. The molecule has 0 spiro atoms. The minimum absolute atomic E-state index is 0.278. The Hall–Kier alpha value is -2.99. The predicted octanol–water partition coefficient (Wildman–Crippen LogP) is 4.69. The molecule has 1 aliphatic heterocycles. The lowest BCUT2D eigenvalue weighted by Gasteiger charge is -2.24. The molecule has 1 fully saturated rings. The molecule has 2 N–H and O–H groups in total. The van der Waals surface area contributed by atoms with Crippen LogP contribution in [0.3, 0.4) is 0 Å². The van der Waals surface area contributed by atoms with Gasteiger partial charge in [-0.3, -0.25) is 0 Å². The molecule has 6 heteroatoms. The molecule has 4 rings (SSSR count). The number of rotatable bonds is 7. The molecule has 3 aromatic rings. The molecule has 30 heavy (non-hydrogen) atoms. The van der Waals surface area contributed by atoms with Crippen molar-refractivity contribution >= 4 is 22.3 Å². The molecule has 158 valence electrons. The van der Waals surface area contributed by atoms with E-state index >= 15 is 0 Å². The molecule has 1 aromatic heterocycles. The second-order valence-corrected chi connectivity index (χ2v) is 7.48. The number of fused-ring (bicyclic) bond motifs is 1. The van der Waals surface area contributed by atoms with E-state index in [9.17, 15) is 0 Å². The largest absolute Gasteiger partial charge is 0.496 e. The van der Waals surface area contributed by atoms with Gasteiger partial charge in [-0.15, -0.1) is 0 Å². The van der Waals surface area contributed by atoms with Gasteiger partial charge in [-0.05, 0) is 62.0 Å². The number of ether oxygens (including phenoxy) is 3. The normalized spacial score (nSPS) is 14.5. The van der Waals surface area contributed by atoms with Gasteiger partial charge in [0.1, 0.15) is 29.2 Å². The molecule has 0 saturated carbocycles. The van der Waals surface area contributed by atoms with E-state index in [2.05, 4.69) is 34.7 Å². The molecule has 0 radical (unpaired) electrons. The number of piperidine rings is 1. The molecule has 1 saturated heterocycles. The average molecular weight is 408 g/mol. The lowest BCUT2D eigenvalue weighted by atomic mass is 10.1. The van der Waals surface area contributed by atoms with E-state index in [4.69, 9.17) is 14.2 Å². The van der Waals surface area contributed by atoms with Crippen LogP contribution in [0.2, 0.25) is 0 Å². The molecular formula is C24H29N3O3. The maximum Gasteiger partial charge on any atom is 0.130 e. The molecule has 0 unspecified atom stereocenters. The van der Waals surface area contributed by atoms with Crippen LogP contribution in [0.4, 0.5) is 11.5 Å². The Morgan fingerprint density at radius 3 is 2.40 bits per heavy atom. The van der Waals surface area contributed by atoms with Crippen molar-refractivity contribution in [3.8, 4) is 17.2 Å². The van der Waals surface area contributed by atoms with Gasteiger partial charge in [0.2, 0.25) is 0 Å². The van der Waals surface area contributed by atoms with Crippen LogP contribution < -0.4 is 24.8 Å². The zero-order valence-electron chi connectivity index (χ0n) is 17.8. The summed E-state index contributed by atoms with van der Waals surface area (Å²) in [5.74, 6) is 3.27. The van der Waals surface area contributed by atoms with Crippen LogP contribution in [0.15, 0.2) is 42.6 Å². The Morgan fingerprint density at radius 1 is 1.00 bits per heavy atom. The fourth-order valence-corrected chi connectivity index (χ4v) is 3.92. The monoisotopic (exact) mass is 407 g/mol. The van der Waals surface area contributed by atoms with Crippen molar-refractivity contribution < 1.29 is 14.2 Å². The first-order valence-corrected chi connectivity index (χ1v) is 10.5. The van der Waals surface area contributed by atoms with E-state index in [0.717, 1.165) is 77.4 Å². The Bertz CT molecular complexity index is 991. The summed E-state index contributed by atoms with van der Waals surface area (Å²) in [4.78, 5) is 4.56. The maximum absolute atomic E-state index is 6.19. The lowest BCUT2D eigenvalue weighted by molar-refractivity contribution is 0.162. The molecule has 0 aliphatic carbocycles. The van der Waals surface area contributed by atoms with Crippen molar-refractivity contribution in [2.75, 3.05) is 32.6 Å². The summed E-state index contributed by atoms with van der Waals surface area (Å²) in [6.45, 7) is 4.11. The van der Waals surface area contributed by atoms with E-state index < -0.39 is 0 Å². The van der Waals surface area contributed by atoms with E-state index in [1.165, 1.54) is 0 Å². The van der Waals surface area contributed by atoms with Crippen LogP contribution in [0.25, 0.3) is 10.8 Å². The zero-order valence-corrected chi connectivity index (χ0v) is 17.8. The number of nitrogens with one attached hydrogen (secondary N) is 2. The van der Waals surface area contributed by atoms with E-state index in [1.807, 2.05) is 30.5 Å². The maximum atomic E-state index is 6.19. The van der Waals surface area contributed by atoms with Gasteiger partial charge in [0.05, 0.1) is 14.2 Å². The van der Waals surface area contributed by atoms with Crippen molar-refractivity contribution in [2.45, 2.75) is 32.3 Å². The summed E-state index contributed by atoms with van der Waals surface area (Å²) < 4.78 is 17.3. The summed E-state index contributed by atoms with van der Waals surface area (Å²) in [6.07, 6.45) is 5.07. The van der Waals surface area contributed by atoms with Gasteiger partial charge >= 0.3 is 0 Å². The number of methoxy groups -OCH3 is 2. The van der Waals surface area contributed by atoms with Gasteiger partial charge in [0, 0.05) is 35.0 Å². The SMILES string of the molecule is CCc1c(OC)cc(Nc2cc3cc(OC4CCNCC4)ccc3cn2)cc1OC. The highest BCUT2D eigenvalue weighted by molar-refractivity contribution is 5.86. The first-order chi connectivity index (χ1) is 14.7. The smallest absolute Gasteiger partial charge is 0.130 e. The summed E-state index contributed by atoms with van der Waals surface area (Å²) in [5, 5.41) is 8.91. The standard InChI is InChI=1S/C24H29N3O3/c1-4-21-22(28-2)13-18(14-23(21)29-3)27-24-12-17-11-20(6-5-16(17)15-26-24)30-19-7-9-25-10-8-19/h5-6,11-15,19,25H,4,7-10H2,1-3H3,(H,26,27). The van der Waals surface area contributed by atoms with Crippen LogP contribution in [-0.2, 0) is 6.42 Å². The fourth-order valence-electron chi connectivity index (χ4n) is 3.92. The van der Waals surface area contributed by atoms with Crippen LogP contribution in [0.1, 0.15) is 25.3 Å². The van der Waals surface area contributed by atoms with Gasteiger partial charge in [-0.2, -0.15) is 0 Å². The van der Waals surface area contributed by atoms with Crippen LogP contribution in [0.5, 0.6) is 17.2 Å². The Balaban J connectivity index is 1.58. The van der Waals surface area contributed by atoms with Crippen molar-refractivity contribution in [2.24, 2.45) is 0 Å². The van der Waals surface area contributed by atoms with E-state index in [1.54, 1.807) is 14.2 Å². The molecule has 0 amide bonds. The Labute approximate surface area is 177 Å². The van der Waals surface area contributed by atoms with Crippen molar-refractivity contribution in [3.63, 3.8) is 0 Å². The van der Waals surface area contributed by atoms with Gasteiger partial charge in [-0.25, -0.2) is 4.98 Å². The molecule has 6 nitrogen and oxygen atoms in total. The second kappa shape index (κ2) is 9.22. The van der Waals surface area contributed by atoms with E-state index in [0.29, 0.717) is 0 Å². The minimum atomic E-state index is 0.278. The molecule has 1 aliphatic rings. The highest BCUT2D eigenvalue weighted by atomic mass is 16.5. The third-order valence-corrected chi connectivity index (χ3v) is 5.52. The lowest BCUT2D eigenvalue weighted by Crippen LogP contribution is -2.34.